The van der Waals surface area contributed by atoms with Gasteiger partial charge in [0.25, 0.3) is 0 Å². The molecule has 0 aromatic heterocycles. The van der Waals surface area contributed by atoms with Gasteiger partial charge in [-0.25, -0.2) is 0 Å². The number of hydrogen-bond acceptors (Lipinski definition) is 3. The maximum Gasteiger partial charge on any atom is 0.227 e. The fourth-order valence-corrected chi connectivity index (χ4v) is 4.01. The molecule has 2 fully saturated rings. The Labute approximate surface area is 152 Å². The van der Waals surface area contributed by atoms with Gasteiger partial charge in [-0.15, -0.1) is 12.4 Å². The molecule has 1 saturated heterocycles. The van der Waals surface area contributed by atoms with Crippen LogP contribution in [0.25, 0.3) is 0 Å². The van der Waals surface area contributed by atoms with E-state index in [9.17, 15) is 4.79 Å². The molecule has 23 heavy (non-hydrogen) atoms. The first-order chi connectivity index (χ1) is 10.6. The predicted molar refractivity (Wildman–Crippen MR) is 96.9 cm³/mol. The summed E-state index contributed by atoms with van der Waals surface area (Å²) in [6.45, 7) is 2.33. The van der Waals surface area contributed by atoms with Crippen LogP contribution in [0.5, 0.6) is 0 Å². The highest BCUT2D eigenvalue weighted by Crippen LogP contribution is 2.50. The molecule has 1 aromatic rings. The van der Waals surface area contributed by atoms with Crippen LogP contribution in [0.1, 0.15) is 31.2 Å². The number of hydrogen-bond donors (Lipinski definition) is 2. The van der Waals surface area contributed by atoms with E-state index >= 15 is 0 Å². The van der Waals surface area contributed by atoms with Crippen LogP contribution in [-0.2, 0) is 14.9 Å². The largest absolute Gasteiger partial charge is 0.381 e. The summed E-state index contributed by atoms with van der Waals surface area (Å²) >= 11 is 3.63. The normalized spacial score (nSPS) is 21.1. The highest BCUT2D eigenvalue weighted by Gasteiger charge is 2.47. The summed E-state index contributed by atoms with van der Waals surface area (Å²) < 4.78 is 6.50. The third-order valence-corrected chi connectivity index (χ3v) is 5.90. The van der Waals surface area contributed by atoms with Gasteiger partial charge in [-0.05, 0) is 37.3 Å². The molecule has 0 spiro atoms. The summed E-state index contributed by atoms with van der Waals surface area (Å²) in [4.78, 5) is 12.7. The molecule has 1 heterocycles. The number of benzene rings is 1. The van der Waals surface area contributed by atoms with E-state index in [-0.39, 0.29) is 23.7 Å². The molecular formula is C17H24BrClN2O2. The number of rotatable bonds is 5. The second-order valence-electron chi connectivity index (χ2n) is 6.54. The van der Waals surface area contributed by atoms with Gasteiger partial charge >= 0.3 is 0 Å². The molecule has 6 heteroatoms. The Morgan fingerprint density at radius 3 is 2.43 bits per heavy atom. The van der Waals surface area contributed by atoms with Crippen molar-refractivity contribution >= 4 is 34.2 Å². The molecule has 1 aliphatic heterocycles. The van der Waals surface area contributed by atoms with Crippen molar-refractivity contribution in [2.45, 2.75) is 31.1 Å². The van der Waals surface area contributed by atoms with Gasteiger partial charge in [0.15, 0.2) is 0 Å². The first kappa shape index (κ1) is 18.7. The number of amides is 1. The molecule has 4 nitrogen and oxygen atoms in total. The van der Waals surface area contributed by atoms with Gasteiger partial charge < -0.3 is 15.8 Å². The number of ether oxygens (including phenoxy) is 1. The summed E-state index contributed by atoms with van der Waals surface area (Å²) in [6.07, 6.45) is 3.68. The number of carbonyl (C=O) groups is 1. The van der Waals surface area contributed by atoms with E-state index in [2.05, 4.69) is 39.4 Å². The SMILES string of the molecule is Cl.NCC1(C(=O)NCC2(c3ccccc3Br)CC2)CCOCC1. The average Bonchev–Trinajstić information content (AvgIpc) is 3.34. The third-order valence-electron chi connectivity index (χ3n) is 5.21. The van der Waals surface area contributed by atoms with Gasteiger partial charge in [0, 0.05) is 36.2 Å². The minimum atomic E-state index is -0.442. The number of nitrogens with one attached hydrogen (secondary N) is 1. The van der Waals surface area contributed by atoms with Crippen molar-refractivity contribution in [1.29, 1.82) is 0 Å². The molecule has 1 saturated carbocycles. The van der Waals surface area contributed by atoms with Gasteiger partial charge in [0.1, 0.15) is 0 Å². The van der Waals surface area contributed by atoms with Crippen LogP contribution < -0.4 is 11.1 Å². The summed E-state index contributed by atoms with van der Waals surface area (Å²) in [5.74, 6) is 0.0941. The molecule has 1 aromatic carbocycles. The zero-order valence-corrected chi connectivity index (χ0v) is 15.5. The van der Waals surface area contributed by atoms with Crippen LogP contribution >= 0.6 is 28.3 Å². The molecule has 1 amide bonds. The van der Waals surface area contributed by atoms with E-state index < -0.39 is 5.41 Å². The zero-order chi connectivity index (χ0) is 15.6. The highest BCUT2D eigenvalue weighted by atomic mass is 79.9. The second-order valence-corrected chi connectivity index (χ2v) is 7.39. The monoisotopic (exact) mass is 402 g/mol. The van der Waals surface area contributed by atoms with Crippen molar-refractivity contribution in [3.8, 4) is 0 Å². The molecule has 0 bridgehead atoms. The lowest BCUT2D eigenvalue weighted by Crippen LogP contribution is -2.50. The molecule has 128 valence electrons. The van der Waals surface area contributed by atoms with Crippen LogP contribution in [0.2, 0.25) is 0 Å². The van der Waals surface area contributed by atoms with Gasteiger partial charge in [0.05, 0.1) is 5.41 Å². The van der Waals surface area contributed by atoms with Crippen molar-refractivity contribution < 1.29 is 9.53 Å². The predicted octanol–water partition coefficient (Wildman–Crippen LogP) is 2.77. The minimum Gasteiger partial charge on any atom is -0.381 e. The van der Waals surface area contributed by atoms with Crippen LogP contribution in [0.3, 0.4) is 0 Å². The Balaban J connectivity index is 0.00000192. The lowest BCUT2D eigenvalue weighted by molar-refractivity contribution is -0.136. The maximum absolute atomic E-state index is 12.7. The average molecular weight is 404 g/mol. The summed E-state index contributed by atoms with van der Waals surface area (Å²) in [5.41, 5.74) is 6.85. The summed E-state index contributed by atoms with van der Waals surface area (Å²) in [7, 11) is 0. The quantitative estimate of drug-likeness (QED) is 0.794. The molecule has 1 aliphatic carbocycles. The molecule has 3 N–H and O–H groups in total. The Bertz CT molecular complexity index is 557. The van der Waals surface area contributed by atoms with E-state index in [4.69, 9.17) is 10.5 Å². The second kappa shape index (κ2) is 7.51. The molecule has 0 atom stereocenters. The van der Waals surface area contributed by atoms with E-state index in [0.29, 0.717) is 26.3 Å². The van der Waals surface area contributed by atoms with Crippen molar-refractivity contribution in [2.75, 3.05) is 26.3 Å². The van der Waals surface area contributed by atoms with Crippen LogP contribution in [0.15, 0.2) is 28.7 Å². The van der Waals surface area contributed by atoms with Gasteiger partial charge in [0.2, 0.25) is 5.91 Å². The number of halogens is 2. The Morgan fingerprint density at radius 2 is 1.87 bits per heavy atom. The smallest absolute Gasteiger partial charge is 0.227 e. The van der Waals surface area contributed by atoms with Crippen molar-refractivity contribution in [3.63, 3.8) is 0 Å². The van der Waals surface area contributed by atoms with Crippen molar-refractivity contribution in [2.24, 2.45) is 11.1 Å². The Hall–Kier alpha value is -0.620. The van der Waals surface area contributed by atoms with Gasteiger partial charge in [-0.3, -0.25) is 4.79 Å². The van der Waals surface area contributed by atoms with Crippen LogP contribution in [0.4, 0.5) is 0 Å². The number of nitrogens with two attached hydrogens (primary N) is 1. The third kappa shape index (κ3) is 3.73. The molecule has 0 radical (unpaired) electrons. The van der Waals surface area contributed by atoms with Crippen LogP contribution in [0, 0.1) is 5.41 Å². The molecular weight excluding hydrogens is 380 g/mol. The lowest BCUT2D eigenvalue weighted by atomic mass is 9.79. The van der Waals surface area contributed by atoms with Crippen LogP contribution in [-0.4, -0.2) is 32.2 Å². The number of carbonyl (C=O) groups excluding carboxylic acids is 1. The fourth-order valence-electron chi connectivity index (χ4n) is 3.31. The van der Waals surface area contributed by atoms with E-state index in [1.807, 2.05) is 6.07 Å². The molecule has 3 rings (SSSR count). The first-order valence-corrected chi connectivity index (χ1v) is 8.72. The zero-order valence-electron chi connectivity index (χ0n) is 13.1. The minimum absolute atomic E-state index is 0. The molecule has 0 unspecified atom stereocenters. The fraction of sp³-hybridized carbons (Fsp3) is 0.588. The van der Waals surface area contributed by atoms with Gasteiger partial charge in [-0.2, -0.15) is 0 Å². The Morgan fingerprint density at radius 1 is 1.22 bits per heavy atom. The van der Waals surface area contributed by atoms with Crippen molar-refractivity contribution in [3.05, 3.63) is 34.3 Å². The Kier molecular flexibility index (Phi) is 6.11. The highest BCUT2D eigenvalue weighted by molar-refractivity contribution is 9.10. The standard InChI is InChI=1S/C17H23BrN2O2.ClH/c18-14-4-2-1-3-13(14)17(5-6-17)12-20-15(21)16(11-19)7-9-22-10-8-16;/h1-4H,5-12,19H2,(H,20,21);1H. The topological polar surface area (TPSA) is 64.4 Å². The summed E-state index contributed by atoms with van der Waals surface area (Å²) in [6, 6.07) is 8.29. The van der Waals surface area contributed by atoms with E-state index in [0.717, 1.165) is 30.2 Å². The van der Waals surface area contributed by atoms with E-state index in [1.54, 1.807) is 0 Å². The maximum atomic E-state index is 12.7. The molecule has 2 aliphatic rings. The van der Waals surface area contributed by atoms with Crippen molar-refractivity contribution in [1.82, 2.24) is 5.32 Å². The summed E-state index contributed by atoms with van der Waals surface area (Å²) in [5, 5.41) is 3.18. The van der Waals surface area contributed by atoms with Gasteiger partial charge in [-0.1, -0.05) is 34.1 Å². The van der Waals surface area contributed by atoms with E-state index in [1.165, 1.54) is 5.56 Å². The lowest BCUT2D eigenvalue weighted by Gasteiger charge is -2.35. The first-order valence-electron chi connectivity index (χ1n) is 7.93.